The van der Waals surface area contributed by atoms with Crippen molar-refractivity contribution in [2.24, 2.45) is 11.7 Å². The Morgan fingerprint density at radius 3 is 2.53 bits per heavy atom. The van der Waals surface area contributed by atoms with Gasteiger partial charge in [0, 0.05) is 6.54 Å². The largest absolute Gasteiger partial charge is 0.393 e. The van der Waals surface area contributed by atoms with Crippen LogP contribution >= 0.6 is 12.2 Å². The molecule has 5 heteroatoms. The van der Waals surface area contributed by atoms with Gasteiger partial charge in [0.2, 0.25) is 5.91 Å². The molecule has 0 aromatic heterocycles. The van der Waals surface area contributed by atoms with Crippen molar-refractivity contribution in [2.45, 2.75) is 33.3 Å². The first-order valence-electron chi connectivity index (χ1n) is 5.17. The Kier molecular flexibility index (Phi) is 7.25. The molecule has 0 heterocycles. The quantitative estimate of drug-likeness (QED) is 0.504. The summed E-state index contributed by atoms with van der Waals surface area (Å²) >= 11 is 4.80. The summed E-state index contributed by atoms with van der Waals surface area (Å²) in [5, 5.41) is 2.74. The van der Waals surface area contributed by atoms with Crippen molar-refractivity contribution in [1.29, 1.82) is 0 Å². The maximum absolute atomic E-state index is 11.5. The first kappa shape index (κ1) is 14.3. The SMILES string of the molecule is CCC(C(=O)NCCOC(C)C)C(N)=S. The molecule has 1 unspecified atom stereocenters. The predicted molar refractivity (Wildman–Crippen MR) is 64.7 cm³/mol. The lowest BCUT2D eigenvalue weighted by molar-refractivity contribution is -0.123. The summed E-state index contributed by atoms with van der Waals surface area (Å²) in [6.07, 6.45) is 0.811. The molecule has 3 N–H and O–H groups in total. The van der Waals surface area contributed by atoms with E-state index in [0.29, 0.717) is 19.6 Å². The Morgan fingerprint density at radius 2 is 2.13 bits per heavy atom. The molecule has 0 rings (SSSR count). The zero-order valence-electron chi connectivity index (χ0n) is 9.58. The Morgan fingerprint density at radius 1 is 1.53 bits per heavy atom. The van der Waals surface area contributed by atoms with Crippen molar-refractivity contribution in [3.63, 3.8) is 0 Å². The zero-order chi connectivity index (χ0) is 11.8. The van der Waals surface area contributed by atoms with E-state index in [0.717, 1.165) is 0 Å². The summed E-state index contributed by atoms with van der Waals surface area (Å²) in [6, 6.07) is 0. The van der Waals surface area contributed by atoms with Crippen LogP contribution in [0, 0.1) is 5.92 Å². The van der Waals surface area contributed by atoms with Crippen LogP contribution in [-0.2, 0) is 9.53 Å². The first-order valence-corrected chi connectivity index (χ1v) is 5.58. The van der Waals surface area contributed by atoms with Gasteiger partial charge in [-0.05, 0) is 20.3 Å². The van der Waals surface area contributed by atoms with Crippen LogP contribution in [0.5, 0.6) is 0 Å². The van der Waals surface area contributed by atoms with Crippen LogP contribution in [0.15, 0.2) is 0 Å². The fraction of sp³-hybridized carbons (Fsp3) is 0.800. The van der Waals surface area contributed by atoms with Crippen LogP contribution < -0.4 is 11.1 Å². The van der Waals surface area contributed by atoms with Gasteiger partial charge in [0.25, 0.3) is 0 Å². The minimum atomic E-state index is -0.362. The number of hydrogen-bond donors (Lipinski definition) is 2. The average molecular weight is 232 g/mol. The molecule has 0 aliphatic carbocycles. The molecule has 4 nitrogen and oxygen atoms in total. The minimum Gasteiger partial charge on any atom is -0.393 e. The molecule has 88 valence electrons. The van der Waals surface area contributed by atoms with Gasteiger partial charge in [-0.25, -0.2) is 0 Å². The van der Waals surface area contributed by atoms with E-state index in [1.165, 1.54) is 0 Å². The molecule has 0 bridgehead atoms. The molecule has 0 saturated heterocycles. The molecule has 0 aliphatic heterocycles. The van der Waals surface area contributed by atoms with Crippen molar-refractivity contribution in [3.05, 3.63) is 0 Å². The van der Waals surface area contributed by atoms with E-state index in [-0.39, 0.29) is 22.9 Å². The molecular formula is C10H20N2O2S. The average Bonchev–Trinajstić information content (AvgIpc) is 2.12. The van der Waals surface area contributed by atoms with Gasteiger partial charge in [-0.2, -0.15) is 0 Å². The van der Waals surface area contributed by atoms with Crippen molar-refractivity contribution in [2.75, 3.05) is 13.2 Å². The van der Waals surface area contributed by atoms with Gasteiger partial charge in [0.15, 0.2) is 0 Å². The number of hydrogen-bond acceptors (Lipinski definition) is 3. The summed E-state index contributed by atoms with van der Waals surface area (Å²) < 4.78 is 5.29. The van der Waals surface area contributed by atoms with Crippen LogP contribution in [0.4, 0.5) is 0 Å². The monoisotopic (exact) mass is 232 g/mol. The molecule has 0 aromatic carbocycles. The van der Waals surface area contributed by atoms with Crippen molar-refractivity contribution >= 4 is 23.1 Å². The van der Waals surface area contributed by atoms with Gasteiger partial charge in [-0.15, -0.1) is 0 Å². The second-order valence-electron chi connectivity index (χ2n) is 3.57. The van der Waals surface area contributed by atoms with Gasteiger partial charge in [0.1, 0.15) is 0 Å². The van der Waals surface area contributed by atoms with Crippen LogP contribution in [0.25, 0.3) is 0 Å². The number of carbonyl (C=O) groups is 1. The third-order valence-electron chi connectivity index (χ3n) is 1.92. The number of nitrogens with two attached hydrogens (primary N) is 1. The van der Waals surface area contributed by atoms with Gasteiger partial charge in [-0.1, -0.05) is 19.1 Å². The summed E-state index contributed by atoms with van der Waals surface area (Å²) in [6.45, 7) is 6.79. The van der Waals surface area contributed by atoms with Crippen LogP contribution in [-0.4, -0.2) is 30.2 Å². The lowest BCUT2D eigenvalue weighted by Crippen LogP contribution is -2.39. The maximum Gasteiger partial charge on any atom is 0.230 e. The highest BCUT2D eigenvalue weighted by molar-refractivity contribution is 7.80. The Labute approximate surface area is 96.5 Å². The van der Waals surface area contributed by atoms with Crippen LogP contribution in [0.3, 0.4) is 0 Å². The topological polar surface area (TPSA) is 64.3 Å². The number of nitrogens with one attached hydrogen (secondary N) is 1. The summed E-state index contributed by atoms with van der Waals surface area (Å²) in [7, 11) is 0. The zero-order valence-corrected chi connectivity index (χ0v) is 10.4. The minimum absolute atomic E-state index is 0.114. The van der Waals surface area contributed by atoms with E-state index in [1.54, 1.807) is 0 Å². The van der Waals surface area contributed by atoms with Gasteiger partial charge in [0.05, 0.1) is 23.6 Å². The first-order chi connectivity index (χ1) is 6.99. The van der Waals surface area contributed by atoms with Gasteiger partial charge < -0.3 is 15.8 Å². The van der Waals surface area contributed by atoms with Crippen molar-refractivity contribution in [3.8, 4) is 0 Å². The smallest absolute Gasteiger partial charge is 0.230 e. The second-order valence-corrected chi connectivity index (χ2v) is 4.05. The molecule has 0 aliphatic rings. The highest BCUT2D eigenvalue weighted by Gasteiger charge is 2.18. The summed E-state index contributed by atoms with van der Waals surface area (Å²) in [5.74, 6) is -0.476. The van der Waals surface area contributed by atoms with E-state index in [1.807, 2.05) is 20.8 Å². The molecule has 0 saturated carbocycles. The van der Waals surface area contributed by atoms with E-state index < -0.39 is 0 Å². The molecule has 0 spiro atoms. The fourth-order valence-corrected chi connectivity index (χ4v) is 1.38. The second kappa shape index (κ2) is 7.59. The molecule has 0 aromatic rings. The molecular weight excluding hydrogens is 212 g/mol. The van der Waals surface area contributed by atoms with Crippen LogP contribution in [0.2, 0.25) is 0 Å². The maximum atomic E-state index is 11.5. The van der Waals surface area contributed by atoms with Crippen molar-refractivity contribution in [1.82, 2.24) is 5.32 Å². The van der Waals surface area contributed by atoms with Gasteiger partial charge >= 0.3 is 0 Å². The Balaban J connectivity index is 3.77. The van der Waals surface area contributed by atoms with E-state index in [9.17, 15) is 4.79 Å². The third kappa shape index (κ3) is 6.41. The van der Waals surface area contributed by atoms with Crippen LogP contribution in [0.1, 0.15) is 27.2 Å². The lowest BCUT2D eigenvalue weighted by Gasteiger charge is -2.14. The van der Waals surface area contributed by atoms with E-state index in [2.05, 4.69) is 5.32 Å². The molecule has 1 atom stereocenters. The van der Waals surface area contributed by atoms with E-state index in [4.69, 9.17) is 22.7 Å². The number of amides is 1. The highest BCUT2D eigenvalue weighted by atomic mass is 32.1. The highest BCUT2D eigenvalue weighted by Crippen LogP contribution is 2.02. The van der Waals surface area contributed by atoms with Crippen molar-refractivity contribution < 1.29 is 9.53 Å². The number of thiocarbonyl (C=S) groups is 1. The molecule has 15 heavy (non-hydrogen) atoms. The third-order valence-corrected chi connectivity index (χ3v) is 2.21. The molecule has 0 fully saturated rings. The van der Waals surface area contributed by atoms with Gasteiger partial charge in [-0.3, -0.25) is 4.79 Å². The summed E-state index contributed by atoms with van der Waals surface area (Å²) in [4.78, 5) is 11.8. The molecule has 1 amide bonds. The predicted octanol–water partition coefficient (Wildman–Crippen LogP) is 0.840. The standard InChI is InChI=1S/C10H20N2O2S/c1-4-8(9(11)15)10(13)12-5-6-14-7(2)3/h7-8H,4-6H2,1-3H3,(H2,11,15)(H,12,13). The fourth-order valence-electron chi connectivity index (χ4n) is 1.11. The van der Waals surface area contributed by atoms with E-state index >= 15 is 0 Å². The Bertz CT molecular complexity index is 219. The summed E-state index contributed by atoms with van der Waals surface area (Å²) in [5.41, 5.74) is 5.44. The lowest BCUT2D eigenvalue weighted by atomic mass is 10.1. The normalized spacial score (nSPS) is 12.5. The Hall–Kier alpha value is -0.680. The number of carbonyl (C=O) groups excluding carboxylic acids is 1. The number of ether oxygens (including phenoxy) is 1. The molecule has 0 radical (unpaired) electrons. The number of rotatable bonds is 7.